The summed E-state index contributed by atoms with van der Waals surface area (Å²) in [5, 5.41) is 7.88. The van der Waals surface area contributed by atoms with Gasteiger partial charge in [0.1, 0.15) is 0 Å². The Kier molecular flexibility index (Phi) is 8.50. The Labute approximate surface area is 188 Å². The van der Waals surface area contributed by atoms with E-state index in [4.69, 9.17) is 0 Å². The number of likely N-dealkylation sites (tertiary alicyclic amines) is 2. The van der Waals surface area contributed by atoms with Crippen LogP contribution in [-0.4, -0.2) is 70.2 Å². The van der Waals surface area contributed by atoms with E-state index in [2.05, 4.69) is 89.7 Å². The van der Waals surface area contributed by atoms with Crippen LogP contribution in [0.2, 0.25) is 0 Å². The van der Waals surface area contributed by atoms with E-state index in [0.29, 0.717) is 23.2 Å². The summed E-state index contributed by atoms with van der Waals surface area (Å²) in [7, 11) is 0. The summed E-state index contributed by atoms with van der Waals surface area (Å²) in [6.45, 7) is 28.6. The van der Waals surface area contributed by atoms with E-state index >= 15 is 0 Å². The van der Waals surface area contributed by atoms with Crippen LogP contribution >= 0.6 is 0 Å². The van der Waals surface area contributed by atoms with Crippen LogP contribution in [-0.2, 0) is 0 Å². The summed E-state index contributed by atoms with van der Waals surface area (Å²) < 4.78 is 0. The van der Waals surface area contributed by atoms with Crippen molar-refractivity contribution in [3.05, 3.63) is 0 Å². The Morgan fingerprint density at radius 1 is 0.633 bits per heavy atom. The van der Waals surface area contributed by atoms with Gasteiger partial charge in [-0.2, -0.15) is 0 Å². The second kappa shape index (κ2) is 9.77. The zero-order chi connectivity index (χ0) is 22.8. The SMILES string of the molecule is CCCN1C(C)(C)CCC(NCCNC2CCC(C)(C)N(CCC)C2(C)C)C1(C)C. The van der Waals surface area contributed by atoms with Gasteiger partial charge >= 0.3 is 0 Å². The number of hydrogen-bond donors (Lipinski definition) is 2. The molecule has 2 aliphatic rings. The Bertz CT molecular complexity index is 489. The molecule has 2 atom stereocenters. The van der Waals surface area contributed by atoms with E-state index in [1.54, 1.807) is 0 Å². The summed E-state index contributed by atoms with van der Waals surface area (Å²) in [6, 6.07) is 1.13. The fourth-order valence-corrected chi connectivity index (χ4v) is 6.73. The fraction of sp³-hybridized carbons (Fsp3) is 1.00. The number of rotatable bonds is 9. The maximum absolute atomic E-state index is 3.94. The van der Waals surface area contributed by atoms with Crippen LogP contribution in [0.3, 0.4) is 0 Å². The molecule has 2 saturated heterocycles. The first kappa shape index (κ1) is 26.1. The first-order valence-electron chi connectivity index (χ1n) is 12.8. The third-order valence-electron chi connectivity index (χ3n) is 8.45. The number of nitrogens with one attached hydrogen (secondary N) is 2. The van der Waals surface area contributed by atoms with Crippen LogP contribution < -0.4 is 10.6 Å². The van der Waals surface area contributed by atoms with Gasteiger partial charge in [-0.05, 0) is 107 Å². The van der Waals surface area contributed by atoms with E-state index in [-0.39, 0.29) is 11.1 Å². The Morgan fingerprint density at radius 3 is 1.27 bits per heavy atom. The van der Waals surface area contributed by atoms with E-state index in [0.717, 1.165) is 13.1 Å². The van der Waals surface area contributed by atoms with Crippen molar-refractivity contribution in [2.24, 2.45) is 0 Å². The molecule has 2 aliphatic heterocycles. The molecule has 0 bridgehead atoms. The van der Waals surface area contributed by atoms with Crippen LogP contribution in [0.1, 0.15) is 108 Å². The molecule has 0 aliphatic carbocycles. The second-order valence-electron chi connectivity index (χ2n) is 12.3. The lowest BCUT2D eigenvalue weighted by Gasteiger charge is -2.57. The molecule has 4 heteroatoms. The smallest absolute Gasteiger partial charge is 0.0311 e. The zero-order valence-corrected chi connectivity index (χ0v) is 22.1. The van der Waals surface area contributed by atoms with Gasteiger partial charge in [0.05, 0.1) is 0 Å². The summed E-state index contributed by atoms with van der Waals surface area (Å²) >= 11 is 0. The molecule has 0 radical (unpaired) electrons. The molecule has 2 rings (SSSR count). The van der Waals surface area contributed by atoms with Crippen molar-refractivity contribution < 1.29 is 0 Å². The van der Waals surface area contributed by atoms with Crippen molar-refractivity contribution >= 4 is 0 Å². The van der Waals surface area contributed by atoms with Gasteiger partial charge in [0.25, 0.3) is 0 Å². The monoisotopic (exact) mass is 422 g/mol. The van der Waals surface area contributed by atoms with Gasteiger partial charge in [0.2, 0.25) is 0 Å². The van der Waals surface area contributed by atoms with E-state index < -0.39 is 0 Å². The van der Waals surface area contributed by atoms with Gasteiger partial charge in [-0.15, -0.1) is 0 Å². The standard InChI is InChI=1S/C26H54N4/c1-11-19-29-23(3,4)15-13-21(25(29,7)8)27-17-18-28-22-14-16-24(5,6)30(20-12-2)26(22,9)10/h21-22,27-28H,11-20H2,1-10H3. The highest BCUT2D eigenvalue weighted by Gasteiger charge is 2.47. The van der Waals surface area contributed by atoms with Crippen LogP contribution in [0.25, 0.3) is 0 Å². The van der Waals surface area contributed by atoms with Gasteiger partial charge in [0, 0.05) is 47.3 Å². The molecule has 2 unspecified atom stereocenters. The Morgan fingerprint density at radius 2 is 0.967 bits per heavy atom. The molecule has 0 saturated carbocycles. The highest BCUT2D eigenvalue weighted by atomic mass is 15.3. The second-order valence-corrected chi connectivity index (χ2v) is 12.3. The summed E-state index contributed by atoms with van der Waals surface area (Å²) in [5.74, 6) is 0. The molecule has 0 aromatic rings. The molecular formula is C26H54N4. The topological polar surface area (TPSA) is 30.5 Å². The van der Waals surface area contributed by atoms with Crippen molar-refractivity contribution in [2.75, 3.05) is 26.2 Å². The fourth-order valence-electron chi connectivity index (χ4n) is 6.73. The first-order chi connectivity index (χ1) is 13.8. The first-order valence-corrected chi connectivity index (χ1v) is 12.8. The maximum Gasteiger partial charge on any atom is 0.0311 e. The zero-order valence-electron chi connectivity index (χ0n) is 22.1. The van der Waals surface area contributed by atoms with Crippen molar-refractivity contribution in [3.8, 4) is 0 Å². The van der Waals surface area contributed by atoms with Crippen molar-refractivity contribution in [3.63, 3.8) is 0 Å². The minimum absolute atomic E-state index is 0.198. The van der Waals surface area contributed by atoms with E-state index in [1.165, 1.54) is 51.6 Å². The predicted octanol–water partition coefficient (Wildman–Crippen LogP) is 5.03. The highest BCUT2D eigenvalue weighted by Crippen LogP contribution is 2.39. The van der Waals surface area contributed by atoms with Crippen LogP contribution in [0.15, 0.2) is 0 Å². The number of piperidine rings is 2. The molecule has 0 aromatic heterocycles. The average molecular weight is 423 g/mol. The third-order valence-corrected chi connectivity index (χ3v) is 8.45. The summed E-state index contributed by atoms with van der Waals surface area (Å²) in [6.07, 6.45) is 7.54. The molecule has 2 fully saturated rings. The van der Waals surface area contributed by atoms with Gasteiger partial charge in [-0.3, -0.25) is 9.80 Å². The lowest BCUT2D eigenvalue weighted by molar-refractivity contribution is -0.0516. The summed E-state index contributed by atoms with van der Waals surface area (Å²) in [5.41, 5.74) is 1.00. The molecule has 0 amide bonds. The maximum atomic E-state index is 3.94. The summed E-state index contributed by atoms with van der Waals surface area (Å²) in [4.78, 5) is 5.51. The normalized spacial score (nSPS) is 31.0. The molecule has 0 spiro atoms. The molecule has 4 nitrogen and oxygen atoms in total. The van der Waals surface area contributed by atoms with Crippen molar-refractivity contribution in [1.29, 1.82) is 0 Å². The number of nitrogens with zero attached hydrogens (tertiary/aromatic N) is 2. The predicted molar refractivity (Wildman–Crippen MR) is 132 cm³/mol. The quantitative estimate of drug-likeness (QED) is 0.510. The molecule has 2 heterocycles. The molecule has 2 N–H and O–H groups in total. The van der Waals surface area contributed by atoms with Crippen molar-refractivity contribution in [2.45, 2.75) is 142 Å². The molecule has 178 valence electrons. The minimum atomic E-state index is 0.198. The highest BCUT2D eigenvalue weighted by molar-refractivity contribution is 5.06. The van der Waals surface area contributed by atoms with Gasteiger partial charge in [0.15, 0.2) is 0 Å². The third kappa shape index (κ3) is 5.42. The Balaban J connectivity index is 1.91. The van der Waals surface area contributed by atoms with Crippen LogP contribution in [0, 0.1) is 0 Å². The lowest BCUT2D eigenvalue weighted by Crippen LogP contribution is -2.69. The molecule has 30 heavy (non-hydrogen) atoms. The van der Waals surface area contributed by atoms with Gasteiger partial charge < -0.3 is 10.6 Å². The molecular weight excluding hydrogens is 368 g/mol. The van der Waals surface area contributed by atoms with Gasteiger partial charge in [-0.25, -0.2) is 0 Å². The molecule has 0 aromatic carbocycles. The number of hydrogen-bond acceptors (Lipinski definition) is 4. The van der Waals surface area contributed by atoms with Crippen LogP contribution in [0.5, 0.6) is 0 Å². The Hall–Kier alpha value is -0.160. The lowest BCUT2D eigenvalue weighted by atomic mass is 9.76. The van der Waals surface area contributed by atoms with E-state index in [9.17, 15) is 0 Å². The minimum Gasteiger partial charge on any atom is -0.311 e. The largest absolute Gasteiger partial charge is 0.311 e. The van der Waals surface area contributed by atoms with E-state index in [1.807, 2.05) is 0 Å². The van der Waals surface area contributed by atoms with Gasteiger partial charge in [-0.1, -0.05) is 13.8 Å². The van der Waals surface area contributed by atoms with Crippen molar-refractivity contribution in [1.82, 2.24) is 20.4 Å². The average Bonchev–Trinajstić information content (AvgIpc) is 2.62. The van der Waals surface area contributed by atoms with Crippen LogP contribution in [0.4, 0.5) is 0 Å².